The Balaban J connectivity index is 1.93. The van der Waals surface area contributed by atoms with Crippen molar-refractivity contribution in [1.29, 1.82) is 0 Å². The van der Waals surface area contributed by atoms with E-state index in [0.29, 0.717) is 15.7 Å². The zero-order valence-electron chi connectivity index (χ0n) is 16.2. The first-order valence-electron chi connectivity index (χ1n) is 9.11. The van der Waals surface area contributed by atoms with Gasteiger partial charge in [0.05, 0.1) is 11.6 Å². The van der Waals surface area contributed by atoms with Crippen LogP contribution < -0.4 is 4.90 Å². The molecule has 4 rings (SSSR count). The molecule has 2 aromatic carbocycles. The minimum atomic E-state index is -0.774. The second-order valence-electron chi connectivity index (χ2n) is 7.05. The van der Waals surface area contributed by atoms with Gasteiger partial charge in [0.1, 0.15) is 10.8 Å². The molecule has 1 atom stereocenters. The molecule has 29 heavy (non-hydrogen) atoms. The Morgan fingerprint density at radius 3 is 2.07 bits per heavy atom. The topological polar surface area (TPSA) is 83.4 Å². The average molecular weight is 405 g/mol. The quantitative estimate of drug-likeness (QED) is 0.403. The highest BCUT2D eigenvalue weighted by atomic mass is 32.1. The number of hydrogen-bond donors (Lipinski definition) is 1. The van der Waals surface area contributed by atoms with Crippen molar-refractivity contribution in [1.82, 2.24) is 10.2 Å². The molecule has 0 radical (unpaired) electrons. The highest BCUT2D eigenvalue weighted by Crippen LogP contribution is 2.42. The molecule has 0 unspecified atom stereocenters. The van der Waals surface area contributed by atoms with Gasteiger partial charge in [0.15, 0.2) is 0 Å². The minimum absolute atomic E-state index is 0.0514. The van der Waals surface area contributed by atoms with Crippen LogP contribution in [0.15, 0.2) is 54.1 Å². The third-order valence-corrected chi connectivity index (χ3v) is 5.72. The Labute approximate surface area is 172 Å². The predicted molar refractivity (Wildman–Crippen MR) is 112 cm³/mol. The molecular formula is C22H19N3O3S. The second kappa shape index (κ2) is 7.25. The monoisotopic (exact) mass is 405 g/mol. The Morgan fingerprint density at radius 2 is 1.52 bits per heavy atom. The van der Waals surface area contributed by atoms with Crippen molar-refractivity contribution in [3.8, 4) is 0 Å². The van der Waals surface area contributed by atoms with E-state index in [2.05, 4.69) is 10.2 Å². The molecule has 6 nitrogen and oxygen atoms in total. The molecule has 1 amide bonds. The highest BCUT2D eigenvalue weighted by Gasteiger charge is 2.48. The molecular weight excluding hydrogens is 386 g/mol. The van der Waals surface area contributed by atoms with Crippen LogP contribution in [0.2, 0.25) is 0 Å². The number of carbonyl (C=O) groups excluding carboxylic acids is 2. The van der Waals surface area contributed by atoms with Gasteiger partial charge in [-0.2, -0.15) is 0 Å². The van der Waals surface area contributed by atoms with Crippen LogP contribution in [0, 0.1) is 20.8 Å². The van der Waals surface area contributed by atoms with Crippen LogP contribution in [-0.4, -0.2) is 27.0 Å². The van der Waals surface area contributed by atoms with E-state index in [1.165, 1.54) is 16.2 Å². The molecule has 1 aromatic heterocycles. The largest absolute Gasteiger partial charge is 0.507 e. The van der Waals surface area contributed by atoms with Crippen molar-refractivity contribution >= 4 is 33.9 Å². The number of Topliss-reactive ketones (excluding diaryl/α,β-unsaturated/α-hetero) is 1. The van der Waals surface area contributed by atoms with Crippen LogP contribution in [0.3, 0.4) is 0 Å². The maximum absolute atomic E-state index is 13.0. The number of anilines is 1. The second-order valence-corrected chi connectivity index (χ2v) is 8.21. The number of aryl methyl sites for hydroxylation is 3. The smallest absolute Gasteiger partial charge is 0.301 e. The van der Waals surface area contributed by atoms with Gasteiger partial charge in [-0.05, 0) is 26.3 Å². The molecule has 1 aliphatic heterocycles. The molecule has 0 bridgehead atoms. The SMILES string of the molecule is Cc1ccc(/C(O)=C2\C(=O)C(=O)N(c3nnc(C)s3)[C@@H]2c2ccc(C)cc2)cc1. The maximum Gasteiger partial charge on any atom is 0.301 e. The lowest BCUT2D eigenvalue weighted by Gasteiger charge is -2.22. The van der Waals surface area contributed by atoms with Gasteiger partial charge < -0.3 is 5.11 Å². The summed E-state index contributed by atoms with van der Waals surface area (Å²) >= 11 is 1.23. The molecule has 0 aliphatic carbocycles. The van der Waals surface area contributed by atoms with Gasteiger partial charge in [-0.1, -0.05) is 71.0 Å². The number of rotatable bonds is 3. The van der Waals surface area contributed by atoms with E-state index in [1.807, 2.05) is 50.2 Å². The van der Waals surface area contributed by atoms with Gasteiger partial charge in [0.2, 0.25) is 5.13 Å². The maximum atomic E-state index is 13.0. The van der Waals surface area contributed by atoms with Gasteiger partial charge in [-0.3, -0.25) is 14.5 Å². The van der Waals surface area contributed by atoms with Crippen LogP contribution in [0.4, 0.5) is 5.13 Å². The Hall–Kier alpha value is -3.32. The number of benzene rings is 2. The number of amides is 1. The molecule has 0 saturated carbocycles. The van der Waals surface area contributed by atoms with E-state index in [4.69, 9.17) is 0 Å². The van der Waals surface area contributed by atoms with Crippen molar-refractivity contribution in [3.63, 3.8) is 0 Å². The fourth-order valence-electron chi connectivity index (χ4n) is 3.34. The first-order chi connectivity index (χ1) is 13.9. The summed E-state index contributed by atoms with van der Waals surface area (Å²) in [5, 5.41) is 20.1. The summed E-state index contributed by atoms with van der Waals surface area (Å²) in [6.07, 6.45) is 0. The third kappa shape index (κ3) is 3.34. The van der Waals surface area contributed by atoms with Crippen molar-refractivity contribution < 1.29 is 14.7 Å². The molecule has 1 fully saturated rings. The fourth-order valence-corrected chi connectivity index (χ4v) is 4.06. The van der Waals surface area contributed by atoms with E-state index in [9.17, 15) is 14.7 Å². The van der Waals surface area contributed by atoms with E-state index >= 15 is 0 Å². The normalized spacial score (nSPS) is 18.4. The standard InChI is InChI=1S/C22H19N3O3S/c1-12-4-8-15(9-5-12)18-17(19(26)16-10-6-13(2)7-11-16)20(27)21(28)25(18)22-24-23-14(3)29-22/h4-11,18,26H,1-3H3/b19-17+/t18-/m1/s1. The minimum Gasteiger partial charge on any atom is -0.507 e. The molecule has 7 heteroatoms. The van der Waals surface area contributed by atoms with Crippen molar-refractivity contribution in [2.75, 3.05) is 4.90 Å². The third-order valence-electron chi connectivity index (χ3n) is 4.88. The van der Waals surface area contributed by atoms with Gasteiger partial charge in [-0.15, -0.1) is 10.2 Å². The molecule has 3 aromatic rings. The first kappa shape index (κ1) is 19.0. The van der Waals surface area contributed by atoms with Crippen LogP contribution in [0.1, 0.15) is 33.3 Å². The molecule has 1 saturated heterocycles. The zero-order chi connectivity index (χ0) is 20.7. The lowest BCUT2D eigenvalue weighted by atomic mass is 9.94. The zero-order valence-corrected chi connectivity index (χ0v) is 17.0. The number of aliphatic hydroxyl groups is 1. The van der Waals surface area contributed by atoms with Gasteiger partial charge in [-0.25, -0.2) is 0 Å². The van der Waals surface area contributed by atoms with E-state index < -0.39 is 17.7 Å². The van der Waals surface area contributed by atoms with Crippen molar-refractivity contribution in [2.24, 2.45) is 0 Å². The van der Waals surface area contributed by atoms with Gasteiger partial charge >= 0.3 is 5.91 Å². The number of nitrogens with zero attached hydrogens (tertiary/aromatic N) is 3. The Bertz CT molecular complexity index is 1130. The summed E-state index contributed by atoms with van der Waals surface area (Å²) in [5.41, 5.74) is 3.34. The van der Waals surface area contributed by atoms with Crippen LogP contribution in [0.25, 0.3) is 5.76 Å². The van der Waals surface area contributed by atoms with Crippen LogP contribution >= 0.6 is 11.3 Å². The summed E-state index contributed by atoms with van der Waals surface area (Å²) in [4.78, 5) is 27.2. The summed E-state index contributed by atoms with van der Waals surface area (Å²) in [6.45, 7) is 5.68. The van der Waals surface area contributed by atoms with Crippen molar-refractivity contribution in [2.45, 2.75) is 26.8 Å². The Morgan fingerprint density at radius 1 is 0.931 bits per heavy atom. The molecule has 146 valence electrons. The Kier molecular flexibility index (Phi) is 4.76. The number of aromatic nitrogens is 2. The molecule has 1 aliphatic rings. The number of carbonyl (C=O) groups is 2. The highest BCUT2D eigenvalue weighted by molar-refractivity contribution is 7.15. The summed E-state index contributed by atoms with van der Waals surface area (Å²) in [5.74, 6) is -1.65. The van der Waals surface area contributed by atoms with E-state index in [1.54, 1.807) is 19.1 Å². The average Bonchev–Trinajstić information content (AvgIpc) is 3.24. The number of aliphatic hydroxyl groups excluding tert-OH is 1. The first-order valence-corrected chi connectivity index (χ1v) is 9.93. The lowest BCUT2D eigenvalue weighted by molar-refractivity contribution is -0.132. The van der Waals surface area contributed by atoms with Crippen LogP contribution in [0.5, 0.6) is 0 Å². The predicted octanol–water partition coefficient (Wildman–Crippen LogP) is 4.09. The molecule has 2 heterocycles. The van der Waals surface area contributed by atoms with E-state index in [0.717, 1.165) is 16.7 Å². The number of hydrogen-bond acceptors (Lipinski definition) is 6. The van der Waals surface area contributed by atoms with Crippen molar-refractivity contribution in [3.05, 3.63) is 81.4 Å². The van der Waals surface area contributed by atoms with Gasteiger partial charge in [0.25, 0.3) is 5.78 Å². The van der Waals surface area contributed by atoms with E-state index in [-0.39, 0.29) is 11.3 Å². The fraction of sp³-hybridized carbons (Fsp3) is 0.182. The molecule has 1 N–H and O–H groups in total. The lowest BCUT2D eigenvalue weighted by Crippen LogP contribution is -2.29. The summed E-state index contributed by atoms with van der Waals surface area (Å²) < 4.78 is 0. The van der Waals surface area contributed by atoms with Crippen LogP contribution in [-0.2, 0) is 9.59 Å². The molecule has 0 spiro atoms. The summed E-state index contributed by atoms with van der Waals surface area (Å²) in [6, 6.07) is 13.9. The van der Waals surface area contributed by atoms with Gasteiger partial charge in [0, 0.05) is 5.56 Å². The number of ketones is 1. The summed E-state index contributed by atoms with van der Waals surface area (Å²) in [7, 11) is 0.